The minimum absolute atomic E-state index is 0.0467. The van der Waals surface area contributed by atoms with Crippen molar-refractivity contribution in [1.29, 1.82) is 5.26 Å². The zero-order chi connectivity index (χ0) is 14.0. The van der Waals surface area contributed by atoms with E-state index in [-0.39, 0.29) is 11.7 Å². The van der Waals surface area contributed by atoms with E-state index in [4.69, 9.17) is 9.47 Å². The van der Waals surface area contributed by atoms with Crippen LogP contribution in [0.15, 0.2) is 22.7 Å². The second-order valence-electron chi connectivity index (χ2n) is 5.72. The highest BCUT2D eigenvalue weighted by Gasteiger charge is 2.40. The smallest absolute Gasteiger partial charge is 0.137 e. The Labute approximate surface area is 128 Å². The molecule has 1 aliphatic carbocycles. The van der Waals surface area contributed by atoms with Gasteiger partial charge >= 0.3 is 0 Å². The third kappa shape index (κ3) is 2.84. The first-order valence-electron chi connectivity index (χ1n) is 7.21. The highest BCUT2D eigenvalue weighted by Crippen LogP contribution is 2.41. The molecule has 20 heavy (non-hydrogen) atoms. The van der Waals surface area contributed by atoms with Gasteiger partial charge in [0.05, 0.1) is 17.8 Å². The van der Waals surface area contributed by atoms with Crippen LogP contribution in [0.3, 0.4) is 0 Å². The van der Waals surface area contributed by atoms with Crippen LogP contribution < -0.4 is 4.74 Å². The Bertz CT molecular complexity index is 532. The predicted molar refractivity (Wildman–Crippen MR) is 79.7 cm³/mol. The van der Waals surface area contributed by atoms with Crippen molar-refractivity contribution in [3.8, 4) is 11.8 Å². The second-order valence-corrected chi connectivity index (χ2v) is 6.64. The SMILES string of the molecule is N#Cc1cc(Br)ccc1OC1CCOC2(CCCC2)C1. The standard InChI is InChI=1S/C16H18BrNO2/c17-13-3-4-15(12(9-13)11-18)20-14-5-8-19-16(10-14)6-1-2-7-16/h3-4,9,14H,1-2,5-8,10H2. The predicted octanol–water partition coefficient (Wildman–Crippen LogP) is 4.19. The summed E-state index contributed by atoms with van der Waals surface area (Å²) in [6.45, 7) is 0.767. The van der Waals surface area contributed by atoms with E-state index in [0.29, 0.717) is 11.3 Å². The molecule has 3 rings (SSSR count). The number of hydrogen-bond donors (Lipinski definition) is 0. The molecule has 1 unspecified atom stereocenters. The van der Waals surface area contributed by atoms with Crippen molar-refractivity contribution in [2.45, 2.75) is 50.2 Å². The molecule has 1 aromatic rings. The lowest BCUT2D eigenvalue weighted by molar-refractivity contribution is -0.108. The summed E-state index contributed by atoms with van der Waals surface area (Å²) in [6.07, 6.45) is 6.84. The molecule has 2 fully saturated rings. The Morgan fingerprint density at radius 3 is 2.90 bits per heavy atom. The first-order valence-corrected chi connectivity index (χ1v) is 8.00. The molecule has 1 atom stereocenters. The Morgan fingerprint density at radius 1 is 1.35 bits per heavy atom. The molecule has 2 aliphatic rings. The van der Waals surface area contributed by atoms with Gasteiger partial charge < -0.3 is 9.47 Å². The van der Waals surface area contributed by atoms with Gasteiger partial charge in [0, 0.05) is 17.3 Å². The number of nitrogens with zero attached hydrogens (tertiary/aromatic N) is 1. The van der Waals surface area contributed by atoms with Gasteiger partial charge in [0.25, 0.3) is 0 Å². The maximum atomic E-state index is 9.20. The summed E-state index contributed by atoms with van der Waals surface area (Å²) in [5, 5.41) is 9.20. The number of nitriles is 1. The van der Waals surface area contributed by atoms with Gasteiger partial charge in [0.2, 0.25) is 0 Å². The molecule has 106 valence electrons. The Hall–Kier alpha value is -1.05. The van der Waals surface area contributed by atoms with Crippen molar-refractivity contribution in [2.75, 3.05) is 6.61 Å². The van der Waals surface area contributed by atoms with Crippen molar-refractivity contribution >= 4 is 15.9 Å². The molecule has 4 heteroatoms. The van der Waals surface area contributed by atoms with Crippen LogP contribution in [0.2, 0.25) is 0 Å². The maximum absolute atomic E-state index is 9.20. The molecular weight excluding hydrogens is 318 g/mol. The molecule has 1 saturated carbocycles. The van der Waals surface area contributed by atoms with Crippen molar-refractivity contribution in [1.82, 2.24) is 0 Å². The minimum Gasteiger partial charge on any atom is -0.489 e. The van der Waals surface area contributed by atoms with Crippen molar-refractivity contribution in [2.24, 2.45) is 0 Å². The average Bonchev–Trinajstić information content (AvgIpc) is 2.89. The summed E-state index contributed by atoms with van der Waals surface area (Å²) < 4.78 is 13.0. The van der Waals surface area contributed by atoms with Gasteiger partial charge in [-0.15, -0.1) is 0 Å². The van der Waals surface area contributed by atoms with Crippen LogP contribution in [-0.4, -0.2) is 18.3 Å². The fourth-order valence-corrected chi connectivity index (χ4v) is 3.68. The van der Waals surface area contributed by atoms with E-state index >= 15 is 0 Å². The van der Waals surface area contributed by atoms with Crippen LogP contribution in [0.1, 0.15) is 44.1 Å². The topological polar surface area (TPSA) is 42.2 Å². The molecule has 0 radical (unpaired) electrons. The summed E-state index contributed by atoms with van der Waals surface area (Å²) in [4.78, 5) is 0. The lowest BCUT2D eigenvalue weighted by Crippen LogP contribution is -2.41. The normalized spacial score (nSPS) is 24.5. The fourth-order valence-electron chi connectivity index (χ4n) is 3.32. The Morgan fingerprint density at radius 2 is 2.15 bits per heavy atom. The molecule has 1 saturated heterocycles. The van der Waals surface area contributed by atoms with Gasteiger partial charge in [-0.1, -0.05) is 28.8 Å². The van der Waals surface area contributed by atoms with E-state index in [1.165, 1.54) is 12.8 Å². The quantitative estimate of drug-likeness (QED) is 0.813. The lowest BCUT2D eigenvalue weighted by Gasteiger charge is -2.38. The minimum atomic E-state index is 0.0467. The summed E-state index contributed by atoms with van der Waals surface area (Å²) in [7, 11) is 0. The Kier molecular flexibility index (Phi) is 4.00. The number of benzene rings is 1. The number of hydrogen-bond acceptors (Lipinski definition) is 3. The number of ether oxygens (including phenoxy) is 2. The molecule has 3 nitrogen and oxygen atoms in total. The van der Waals surface area contributed by atoms with Crippen LogP contribution in [0.5, 0.6) is 5.75 Å². The van der Waals surface area contributed by atoms with Crippen LogP contribution in [-0.2, 0) is 4.74 Å². The van der Waals surface area contributed by atoms with E-state index in [9.17, 15) is 5.26 Å². The Balaban J connectivity index is 1.73. The van der Waals surface area contributed by atoms with Gasteiger partial charge in [-0.2, -0.15) is 5.26 Å². The third-order valence-electron chi connectivity index (χ3n) is 4.32. The molecular formula is C16H18BrNO2. The lowest BCUT2D eigenvalue weighted by atomic mass is 9.90. The molecule has 0 bridgehead atoms. The van der Waals surface area contributed by atoms with Gasteiger partial charge in [0.1, 0.15) is 17.9 Å². The van der Waals surface area contributed by atoms with Gasteiger partial charge in [-0.25, -0.2) is 0 Å². The van der Waals surface area contributed by atoms with Gasteiger partial charge in [-0.05, 0) is 31.0 Å². The van der Waals surface area contributed by atoms with Crippen LogP contribution in [0.25, 0.3) is 0 Å². The molecule has 1 spiro atoms. The van der Waals surface area contributed by atoms with Crippen LogP contribution in [0.4, 0.5) is 0 Å². The van der Waals surface area contributed by atoms with Crippen molar-refractivity contribution in [3.63, 3.8) is 0 Å². The summed E-state index contributed by atoms with van der Waals surface area (Å²) >= 11 is 3.38. The summed E-state index contributed by atoms with van der Waals surface area (Å²) in [5.41, 5.74) is 0.636. The molecule has 0 aromatic heterocycles. The highest BCUT2D eigenvalue weighted by molar-refractivity contribution is 9.10. The van der Waals surface area contributed by atoms with Crippen LogP contribution in [0, 0.1) is 11.3 Å². The average molecular weight is 336 g/mol. The zero-order valence-electron chi connectivity index (χ0n) is 11.4. The van der Waals surface area contributed by atoms with Crippen LogP contribution >= 0.6 is 15.9 Å². The van der Waals surface area contributed by atoms with E-state index in [2.05, 4.69) is 22.0 Å². The largest absolute Gasteiger partial charge is 0.489 e. The van der Waals surface area contributed by atoms with Crippen molar-refractivity contribution in [3.05, 3.63) is 28.2 Å². The first kappa shape index (κ1) is 13.9. The molecule has 0 N–H and O–H groups in total. The van der Waals surface area contributed by atoms with Gasteiger partial charge in [-0.3, -0.25) is 0 Å². The summed E-state index contributed by atoms with van der Waals surface area (Å²) in [6, 6.07) is 7.80. The molecule has 1 aromatic carbocycles. The molecule has 1 heterocycles. The van der Waals surface area contributed by atoms with E-state index < -0.39 is 0 Å². The highest BCUT2D eigenvalue weighted by atomic mass is 79.9. The van der Waals surface area contributed by atoms with E-state index in [1.807, 2.05) is 12.1 Å². The van der Waals surface area contributed by atoms with Crippen molar-refractivity contribution < 1.29 is 9.47 Å². The summed E-state index contributed by atoms with van der Waals surface area (Å²) in [5.74, 6) is 0.691. The van der Waals surface area contributed by atoms with Gasteiger partial charge in [0.15, 0.2) is 0 Å². The zero-order valence-corrected chi connectivity index (χ0v) is 13.0. The first-order chi connectivity index (χ1) is 9.71. The van der Waals surface area contributed by atoms with E-state index in [0.717, 1.165) is 36.8 Å². The fraction of sp³-hybridized carbons (Fsp3) is 0.562. The second kappa shape index (κ2) is 5.75. The van der Waals surface area contributed by atoms with E-state index in [1.54, 1.807) is 6.07 Å². The maximum Gasteiger partial charge on any atom is 0.137 e. The monoisotopic (exact) mass is 335 g/mol. The molecule has 0 amide bonds. The third-order valence-corrected chi connectivity index (χ3v) is 4.81. The number of halogens is 1. The number of rotatable bonds is 2. The molecule has 1 aliphatic heterocycles.